The summed E-state index contributed by atoms with van der Waals surface area (Å²) in [5, 5.41) is 14.2. The molecule has 0 aliphatic rings. The zero-order chi connectivity index (χ0) is 16.1. The van der Waals surface area contributed by atoms with Crippen LogP contribution < -0.4 is 10.1 Å². The van der Waals surface area contributed by atoms with Crippen molar-refractivity contribution >= 4 is 22.9 Å². The minimum Gasteiger partial charge on any atom is -0.494 e. The molecular formula is C17H21NO3S. The van der Waals surface area contributed by atoms with Crippen molar-refractivity contribution in [2.45, 2.75) is 33.3 Å². The summed E-state index contributed by atoms with van der Waals surface area (Å²) >= 11 is 1.44. The van der Waals surface area contributed by atoms with Gasteiger partial charge >= 0.3 is 0 Å². The first kappa shape index (κ1) is 16.5. The maximum Gasteiger partial charge on any atom is 0.266 e. The third kappa shape index (κ3) is 3.67. The number of carbonyl (C=O) groups is 1. The van der Waals surface area contributed by atoms with E-state index in [4.69, 9.17) is 4.74 Å². The van der Waals surface area contributed by atoms with Gasteiger partial charge in [0.05, 0.1) is 18.1 Å². The van der Waals surface area contributed by atoms with Crippen molar-refractivity contribution in [3.05, 3.63) is 45.6 Å². The van der Waals surface area contributed by atoms with Gasteiger partial charge in [-0.15, -0.1) is 11.3 Å². The molecular weight excluding hydrogens is 298 g/mol. The number of thiophene rings is 1. The van der Waals surface area contributed by atoms with E-state index < -0.39 is 0 Å². The summed E-state index contributed by atoms with van der Waals surface area (Å²) in [6, 6.07) is 7.28. The number of rotatable bonds is 6. The number of hydrogen-bond donors (Lipinski definition) is 2. The summed E-state index contributed by atoms with van der Waals surface area (Å²) in [5.74, 6) is 0.828. The fourth-order valence-corrected chi connectivity index (χ4v) is 3.17. The highest BCUT2D eigenvalue weighted by Gasteiger charge is 2.16. The van der Waals surface area contributed by atoms with E-state index in [-0.39, 0.29) is 12.5 Å². The van der Waals surface area contributed by atoms with E-state index in [1.54, 1.807) is 18.2 Å². The van der Waals surface area contributed by atoms with Gasteiger partial charge in [0, 0.05) is 11.3 Å². The lowest BCUT2D eigenvalue weighted by Gasteiger charge is -2.12. The number of carbonyl (C=O) groups excluding carboxylic acids is 1. The van der Waals surface area contributed by atoms with Crippen LogP contribution in [0.3, 0.4) is 0 Å². The molecule has 0 unspecified atom stereocenters. The molecule has 0 aliphatic heterocycles. The zero-order valence-electron chi connectivity index (χ0n) is 13.1. The number of amides is 1. The van der Waals surface area contributed by atoms with E-state index in [2.05, 4.69) is 19.2 Å². The lowest BCUT2D eigenvalue weighted by molar-refractivity contribution is 0.102. The molecule has 2 aromatic rings. The van der Waals surface area contributed by atoms with Gasteiger partial charge in [-0.3, -0.25) is 4.79 Å². The quantitative estimate of drug-likeness (QED) is 0.845. The molecule has 0 saturated heterocycles. The van der Waals surface area contributed by atoms with Crippen molar-refractivity contribution in [1.82, 2.24) is 0 Å². The van der Waals surface area contributed by atoms with Crippen molar-refractivity contribution in [2.75, 3.05) is 11.9 Å². The Morgan fingerprint density at radius 2 is 2.14 bits per heavy atom. The maximum absolute atomic E-state index is 12.4. The Balaban J connectivity index is 2.19. The van der Waals surface area contributed by atoms with Gasteiger partial charge in [0.2, 0.25) is 0 Å². The van der Waals surface area contributed by atoms with Gasteiger partial charge < -0.3 is 15.2 Å². The highest BCUT2D eigenvalue weighted by Crippen LogP contribution is 2.27. The van der Waals surface area contributed by atoms with E-state index in [0.29, 0.717) is 29.5 Å². The molecule has 4 nitrogen and oxygen atoms in total. The Labute approximate surface area is 134 Å². The average Bonchev–Trinajstić information content (AvgIpc) is 2.98. The fraction of sp³-hybridized carbons (Fsp3) is 0.353. The van der Waals surface area contributed by atoms with Crippen LogP contribution in [0.4, 0.5) is 5.69 Å². The number of nitrogens with one attached hydrogen (secondary N) is 1. The van der Waals surface area contributed by atoms with Gasteiger partial charge in [-0.25, -0.2) is 0 Å². The molecule has 1 aromatic heterocycles. The fourth-order valence-electron chi connectivity index (χ4n) is 2.22. The number of aliphatic hydroxyl groups excluding tert-OH is 1. The van der Waals surface area contributed by atoms with Gasteiger partial charge in [0.15, 0.2) is 0 Å². The summed E-state index contributed by atoms with van der Waals surface area (Å²) in [6.45, 7) is 6.43. The maximum atomic E-state index is 12.4. The molecule has 1 aromatic carbocycles. The molecule has 0 saturated carbocycles. The topological polar surface area (TPSA) is 58.6 Å². The molecule has 0 bridgehead atoms. The zero-order valence-corrected chi connectivity index (χ0v) is 13.9. The second-order valence-electron chi connectivity index (χ2n) is 5.23. The van der Waals surface area contributed by atoms with E-state index in [9.17, 15) is 9.90 Å². The van der Waals surface area contributed by atoms with E-state index >= 15 is 0 Å². The second-order valence-corrected chi connectivity index (χ2v) is 6.14. The Morgan fingerprint density at radius 3 is 2.77 bits per heavy atom. The molecule has 0 atom stereocenters. The number of benzene rings is 1. The SMILES string of the molecule is CCOc1ccc(NC(=O)c2sccc2C(C)C)cc1CO. The monoisotopic (exact) mass is 319 g/mol. The third-order valence-electron chi connectivity index (χ3n) is 3.31. The van der Waals surface area contributed by atoms with Gasteiger partial charge in [0.25, 0.3) is 5.91 Å². The molecule has 118 valence electrons. The molecule has 5 heteroatoms. The normalized spacial score (nSPS) is 10.8. The van der Waals surface area contributed by atoms with Crippen LogP contribution in [0.15, 0.2) is 29.6 Å². The van der Waals surface area contributed by atoms with Crippen LogP contribution in [0.25, 0.3) is 0 Å². The van der Waals surface area contributed by atoms with Crippen molar-refractivity contribution in [3.8, 4) is 5.75 Å². The summed E-state index contributed by atoms with van der Waals surface area (Å²) in [5.41, 5.74) is 2.37. The molecule has 2 N–H and O–H groups in total. The molecule has 1 amide bonds. The van der Waals surface area contributed by atoms with Crippen molar-refractivity contribution in [2.24, 2.45) is 0 Å². The van der Waals surface area contributed by atoms with Crippen LogP contribution >= 0.6 is 11.3 Å². The summed E-state index contributed by atoms with van der Waals surface area (Å²) in [6.07, 6.45) is 0. The Bertz CT molecular complexity index is 649. The van der Waals surface area contributed by atoms with Crippen LogP contribution in [-0.2, 0) is 6.61 Å². The predicted molar refractivity (Wildman–Crippen MR) is 89.9 cm³/mol. The van der Waals surface area contributed by atoms with Crippen LogP contribution in [0.5, 0.6) is 5.75 Å². The third-order valence-corrected chi connectivity index (χ3v) is 4.24. The molecule has 0 radical (unpaired) electrons. The van der Waals surface area contributed by atoms with Crippen LogP contribution in [0.1, 0.15) is 47.5 Å². The predicted octanol–water partition coefficient (Wildman–Crippen LogP) is 4.01. The molecule has 0 aliphatic carbocycles. The minimum atomic E-state index is -0.130. The van der Waals surface area contributed by atoms with E-state index in [0.717, 1.165) is 10.4 Å². The first-order chi connectivity index (χ1) is 10.6. The average molecular weight is 319 g/mol. The highest BCUT2D eigenvalue weighted by molar-refractivity contribution is 7.12. The smallest absolute Gasteiger partial charge is 0.266 e. The molecule has 1 heterocycles. The second kappa shape index (κ2) is 7.42. The minimum absolute atomic E-state index is 0.119. The van der Waals surface area contributed by atoms with Crippen LogP contribution in [-0.4, -0.2) is 17.6 Å². The van der Waals surface area contributed by atoms with Crippen molar-refractivity contribution < 1.29 is 14.6 Å². The number of aliphatic hydroxyl groups is 1. The van der Waals surface area contributed by atoms with Crippen molar-refractivity contribution in [1.29, 1.82) is 0 Å². The van der Waals surface area contributed by atoms with Gasteiger partial charge in [0.1, 0.15) is 5.75 Å². The van der Waals surface area contributed by atoms with E-state index in [1.807, 2.05) is 18.4 Å². The van der Waals surface area contributed by atoms with E-state index in [1.165, 1.54) is 11.3 Å². The number of ether oxygens (including phenoxy) is 1. The Hall–Kier alpha value is -1.85. The Morgan fingerprint density at radius 1 is 1.36 bits per heavy atom. The Kier molecular flexibility index (Phi) is 5.57. The largest absolute Gasteiger partial charge is 0.494 e. The van der Waals surface area contributed by atoms with Crippen LogP contribution in [0, 0.1) is 0 Å². The van der Waals surface area contributed by atoms with Crippen LogP contribution in [0.2, 0.25) is 0 Å². The summed E-state index contributed by atoms with van der Waals surface area (Å²) in [7, 11) is 0. The summed E-state index contributed by atoms with van der Waals surface area (Å²) in [4.78, 5) is 13.1. The molecule has 0 spiro atoms. The highest BCUT2D eigenvalue weighted by atomic mass is 32.1. The molecule has 2 rings (SSSR count). The van der Waals surface area contributed by atoms with Gasteiger partial charge in [-0.05, 0) is 48.1 Å². The first-order valence-corrected chi connectivity index (χ1v) is 8.20. The lowest BCUT2D eigenvalue weighted by atomic mass is 10.0. The lowest BCUT2D eigenvalue weighted by Crippen LogP contribution is -2.13. The van der Waals surface area contributed by atoms with Gasteiger partial charge in [-0.1, -0.05) is 13.8 Å². The molecule has 0 fully saturated rings. The number of anilines is 1. The number of hydrogen-bond acceptors (Lipinski definition) is 4. The summed E-state index contributed by atoms with van der Waals surface area (Å²) < 4.78 is 5.44. The molecule has 22 heavy (non-hydrogen) atoms. The first-order valence-electron chi connectivity index (χ1n) is 7.32. The van der Waals surface area contributed by atoms with Gasteiger partial charge in [-0.2, -0.15) is 0 Å². The van der Waals surface area contributed by atoms with Crippen molar-refractivity contribution in [3.63, 3.8) is 0 Å². The standard InChI is InChI=1S/C17H21NO3S/c1-4-21-15-6-5-13(9-12(15)10-19)18-17(20)16-14(11(2)3)7-8-22-16/h5-9,11,19H,4,10H2,1-3H3,(H,18,20).